The van der Waals surface area contributed by atoms with Crippen molar-refractivity contribution in [2.75, 3.05) is 0 Å². The Bertz CT molecular complexity index is 707. The van der Waals surface area contributed by atoms with Crippen LogP contribution in [0.5, 0.6) is 5.75 Å². The zero-order valence-electron chi connectivity index (χ0n) is 13.1. The summed E-state index contributed by atoms with van der Waals surface area (Å²) in [5.74, 6) is 0.570. The zero-order chi connectivity index (χ0) is 16.9. The second-order valence-corrected chi connectivity index (χ2v) is 6.84. The Morgan fingerprint density at radius 3 is 2.38 bits per heavy atom. The van der Waals surface area contributed by atoms with Crippen LogP contribution in [0.15, 0.2) is 48.5 Å². The fraction of sp³-hybridized carbons (Fsp3) is 0.333. The van der Waals surface area contributed by atoms with Crippen molar-refractivity contribution in [3.8, 4) is 16.9 Å². The minimum absolute atomic E-state index is 0.269. The van der Waals surface area contributed by atoms with Gasteiger partial charge in [-0.05, 0) is 42.5 Å². The van der Waals surface area contributed by atoms with E-state index in [0.29, 0.717) is 17.2 Å². The number of benzene rings is 2. The molecule has 1 aliphatic rings. The molecular formula is C18H19ClO4S. The van der Waals surface area contributed by atoms with Crippen LogP contribution < -0.4 is 4.74 Å². The minimum Gasteiger partial charge on any atom is -0.486 e. The van der Waals surface area contributed by atoms with Gasteiger partial charge in [0.1, 0.15) is 18.0 Å². The third kappa shape index (κ3) is 4.36. The van der Waals surface area contributed by atoms with Crippen LogP contribution in [0.3, 0.4) is 0 Å². The lowest BCUT2D eigenvalue weighted by Crippen LogP contribution is -2.37. The van der Waals surface area contributed by atoms with Gasteiger partial charge in [0.2, 0.25) is 0 Å². The first kappa shape index (κ1) is 17.4. The molecule has 0 amide bonds. The summed E-state index contributed by atoms with van der Waals surface area (Å²) in [6.45, 7) is 0. The second kappa shape index (κ2) is 8.12. The van der Waals surface area contributed by atoms with E-state index in [4.69, 9.17) is 25.1 Å². The minimum atomic E-state index is -2.29. The van der Waals surface area contributed by atoms with E-state index in [1.807, 2.05) is 48.5 Å². The first-order chi connectivity index (χ1) is 11.6. The van der Waals surface area contributed by atoms with Gasteiger partial charge in [-0.15, -0.1) is 0 Å². The van der Waals surface area contributed by atoms with E-state index in [0.717, 1.165) is 30.4 Å². The SMILES string of the molecule is O=S(O)OC1CCCCC1Oc1ccc(-c2ccccc2)cc1Cl. The molecule has 0 heterocycles. The van der Waals surface area contributed by atoms with Gasteiger partial charge < -0.3 is 4.74 Å². The quantitative estimate of drug-likeness (QED) is 0.768. The van der Waals surface area contributed by atoms with Crippen molar-refractivity contribution in [1.29, 1.82) is 0 Å². The maximum absolute atomic E-state index is 10.9. The standard InChI is InChI=1S/C18H19ClO4S/c19-15-12-14(13-6-2-1-3-7-13)10-11-16(15)22-17-8-4-5-9-18(17)23-24(20)21/h1-3,6-7,10-12,17-18H,4-5,8-9H2,(H,20,21). The topological polar surface area (TPSA) is 55.8 Å². The van der Waals surface area contributed by atoms with Crippen molar-refractivity contribution in [2.24, 2.45) is 0 Å². The lowest BCUT2D eigenvalue weighted by atomic mass is 9.95. The Kier molecular flexibility index (Phi) is 5.89. The van der Waals surface area contributed by atoms with Crippen LogP contribution in [0.1, 0.15) is 25.7 Å². The van der Waals surface area contributed by atoms with Crippen LogP contribution in [-0.2, 0) is 15.5 Å². The molecule has 1 N–H and O–H groups in total. The Hall–Kier alpha value is -1.40. The third-order valence-electron chi connectivity index (χ3n) is 4.17. The summed E-state index contributed by atoms with van der Waals surface area (Å²) in [6.07, 6.45) is 2.78. The largest absolute Gasteiger partial charge is 0.486 e. The maximum Gasteiger partial charge on any atom is 0.302 e. The summed E-state index contributed by atoms with van der Waals surface area (Å²) in [4.78, 5) is 0. The van der Waals surface area contributed by atoms with Crippen molar-refractivity contribution in [3.63, 3.8) is 0 Å². The summed E-state index contributed by atoms with van der Waals surface area (Å²) in [5.41, 5.74) is 2.10. The monoisotopic (exact) mass is 366 g/mol. The smallest absolute Gasteiger partial charge is 0.302 e. The summed E-state index contributed by atoms with van der Waals surface area (Å²) in [6, 6.07) is 15.6. The van der Waals surface area contributed by atoms with E-state index in [1.165, 1.54) is 0 Å². The molecular weight excluding hydrogens is 348 g/mol. The van der Waals surface area contributed by atoms with Crippen molar-refractivity contribution in [1.82, 2.24) is 0 Å². The van der Waals surface area contributed by atoms with Crippen molar-refractivity contribution in [3.05, 3.63) is 53.6 Å². The molecule has 128 valence electrons. The van der Waals surface area contributed by atoms with E-state index in [-0.39, 0.29) is 6.10 Å². The molecule has 6 heteroatoms. The summed E-state index contributed by atoms with van der Waals surface area (Å²) >= 11 is 4.09. The van der Waals surface area contributed by atoms with Crippen LogP contribution in [0, 0.1) is 0 Å². The molecule has 3 rings (SSSR count). The molecule has 3 atom stereocenters. The van der Waals surface area contributed by atoms with Gasteiger partial charge in [0.05, 0.1) is 5.02 Å². The molecule has 0 bridgehead atoms. The molecule has 0 aromatic heterocycles. The molecule has 0 spiro atoms. The van der Waals surface area contributed by atoms with E-state index < -0.39 is 17.5 Å². The summed E-state index contributed by atoms with van der Waals surface area (Å²) < 4.78 is 31.0. The molecule has 2 aromatic rings. The van der Waals surface area contributed by atoms with Gasteiger partial charge >= 0.3 is 11.4 Å². The fourth-order valence-electron chi connectivity index (χ4n) is 2.98. The summed E-state index contributed by atoms with van der Waals surface area (Å²) in [5, 5.41) is 0.519. The lowest BCUT2D eigenvalue weighted by molar-refractivity contribution is 0.0262. The molecule has 0 saturated heterocycles. The van der Waals surface area contributed by atoms with Crippen LogP contribution in [-0.4, -0.2) is 21.0 Å². The molecule has 0 aliphatic heterocycles. The highest BCUT2D eigenvalue weighted by Gasteiger charge is 2.30. The van der Waals surface area contributed by atoms with Gasteiger partial charge in [-0.2, -0.15) is 4.21 Å². The molecule has 4 nitrogen and oxygen atoms in total. The van der Waals surface area contributed by atoms with Gasteiger partial charge in [-0.1, -0.05) is 54.4 Å². The Morgan fingerprint density at radius 1 is 1.00 bits per heavy atom. The number of ether oxygens (including phenoxy) is 1. The van der Waals surface area contributed by atoms with E-state index in [2.05, 4.69) is 0 Å². The fourth-order valence-corrected chi connectivity index (χ4v) is 3.64. The molecule has 24 heavy (non-hydrogen) atoms. The van der Waals surface area contributed by atoms with Crippen LogP contribution in [0.25, 0.3) is 11.1 Å². The maximum atomic E-state index is 10.9. The molecule has 0 radical (unpaired) electrons. The van der Waals surface area contributed by atoms with Crippen molar-refractivity contribution in [2.45, 2.75) is 37.9 Å². The van der Waals surface area contributed by atoms with Gasteiger partial charge in [-0.3, -0.25) is 8.74 Å². The number of hydrogen-bond donors (Lipinski definition) is 1. The van der Waals surface area contributed by atoms with Crippen LogP contribution >= 0.6 is 11.6 Å². The van der Waals surface area contributed by atoms with Gasteiger partial charge in [-0.25, -0.2) is 0 Å². The number of hydrogen-bond acceptors (Lipinski definition) is 3. The highest BCUT2D eigenvalue weighted by Crippen LogP contribution is 2.33. The molecule has 1 saturated carbocycles. The van der Waals surface area contributed by atoms with E-state index in [1.54, 1.807) is 0 Å². The Morgan fingerprint density at radius 2 is 1.71 bits per heavy atom. The predicted molar refractivity (Wildman–Crippen MR) is 95.4 cm³/mol. The normalized spacial score (nSPS) is 22.1. The third-order valence-corrected chi connectivity index (χ3v) is 4.87. The summed E-state index contributed by atoms with van der Waals surface area (Å²) in [7, 11) is 0. The van der Waals surface area contributed by atoms with E-state index in [9.17, 15) is 4.21 Å². The van der Waals surface area contributed by atoms with Crippen LogP contribution in [0.2, 0.25) is 5.02 Å². The molecule has 1 fully saturated rings. The number of rotatable bonds is 5. The average Bonchev–Trinajstić information content (AvgIpc) is 2.58. The first-order valence-corrected chi connectivity index (χ1v) is 9.34. The van der Waals surface area contributed by atoms with Crippen molar-refractivity contribution < 1.29 is 17.7 Å². The highest BCUT2D eigenvalue weighted by atomic mass is 35.5. The average molecular weight is 367 g/mol. The van der Waals surface area contributed by atoms with E-state index >= 15 is 0 Å². The number of halogens is 1. The molecule has 2 aromatic carbocycles. The Balaban J connectivity index is 1.76. The Labute approximate surface area is 149 Å². The van der Waals surface area contributed by atoms with Gasteiger partial charge in [0.15, 0.2) is 0 Å². The molecule has 1 aliphatic carbocycles. The van der Waals surface area contributed by atoms with Crippen molar-refractivity contribution >= 4 is 23.0 Å². The second-order valence-electron chi connectivity index (χ2n) is 5.80. The molecule has 3 unspecified atom stereocenters. The van der Waals surface area contributed by atoms with Crippen LogP contribution in [0.4, 0.5) is 0 Å². The highest BCUT2D eigenvalue weighted by molar-refractivity contribution is 7.74. The van der Waals surface area contributed by atoms with Gasteiger partial charge in [0, 0.05) is 0 Å². The zero-order valence-corrected chi connectivity index (χ0v) is 14.6. The lowest BCUT2D eigenvalue weighted by Gasteiger charge is -2.30. The van der Waals surface area contributed by atoms with Gasteiger partial charge in [0.25, 0.3) is 0 Å². The predicted octanol–water partition coefficient (Wildman–Crippen LogP) is 4.85. The first-order valence-electron chi connectivity index (χ1n) is 7.93.